The molecule has 0 atom stereocenters. The Bertz CT molecular complexity index is 647. The van der Waals surface area contributed by atoms with E-state index < -0.39 is 0 Å². The Morgan fingerprint density at radius 1 is 1.37 bits per heavy atom. The van der Waals surface area contributed by atoms with Crippen LogP contribution in [0.4, 0.5) is 5.95 Å². The first-order valence-electron chi connectivity index (χ1n) is 6.69. The second-order valence-electron chi connectivity index (χ2n) is 4.81. The molecule has 0 unspecified atom stereocenters. The molecule has 0 saturated heterocycles. The predicted molar refractivity (Wildman–Crippen MR) is 77.1 cm³/mol. The van der Waals surface area contributed by atoms with E-state index in [9.17, 15) is 4.79 Å². The summed E-state index contributed by atoms with van der Waals surface area (Å²) >= 11 is 1.65. The minimum atomic E-state index is -0.0455. The van der Waals surface area contributed by atoms with Crippen molar-refractivity contribution in [3.05, 3.63) is 20.8 Å². The maximum Gasteiger partial charge on any atom is 0.261 e. The van der Waals surface area contributed by atoms with E-state index in [1.54, 1.807) is 11.3 Å². The second kappa shape index (κ2) is 5.30. The number of aliphatic hydroxyl groups is 1. The van der Waals surface area contributed by atoms with Gasteiger partial charge in [-0.05, 0) is 37.7 Å². The van der Waals surface area contributed by atoms with Gasteiger partial charge in [0.2, 0.25) is 5.95 Å². The summed E-state index contributed by atoms with van der Waals surface area (Å²) in [6.45, 7) is 0.739. The van der Waals surface area contributed by atoms with Gasteiger partial charge in [-0.2, -0.15) is 0 Å². The summed E-state index contributed by atoms with van der Waals surface area (Å²) in [6.07, 6.45) is 5.08. The van der Waals surface area contributed by atoms with Gasteiger partial charge < -0.3 is 10.4 Å². The molecule has 102 valence electrons. The third-order valence-electron chi connectivity index (χ3n) is 3.45. The first-order valence-corrected chi connectivity index (χ1v) is 7.50. The zero-order valence-electron chi connectivity index (χ0n) is 10.7. The Balaban J connectivity index is 1.99. The van der Waals surface area contributed by atoms with Crippen LogP contribution in [0.15, 0.2) is 4.79 Å². The van der Waals surface area contributed by atoms with Crippen LogP contribution in [0.5, 0.6) is 0 Å². The molecular formula is C13H17N3O2S. The average molecular weight is 279 g/mol. The van der Waals surface area contributed by atoms with Crippen LogP contribution in [0.25, 0.3) is 10.2 Å². The van der Waals surface area contributed by atoms with E-state index in [1.165, 1.54) is 16.9 Å². The Kier molecular flexibility index (Phi) is 3.52. The number of fused-ring (bicyclic) bond motifs is 3. The van der Waals surface area contributed by atoms with Crippen LogP contribution in [0.3, 0.4) is 0 Å². The number of hydrogen-bond donors (Lipinski definition) is 3. The van der Waals surface area contributed by atoms with Gasteiger partial charge >= 0.3 is 0 Å². The molecule has 0 bridgehead atoms. The number of nitrogens with one attached hydrogen (secondary N) is 2. The first-order chi connectivity index (χ1) is 9.29. The van der Waals surface area contributed by atoms with E-state index in [0.29, 0.717) is 18.9 Å². The van der Waals surface area contributed by atoms with Crippen molar-refractivity contribution in [2.75, 3.05) is 18.5 Å². The van der Waals surface area contributed by atoms with E-state index in [-0.39, 0.29) is 12.2 Å². The summed E-state index contributed by atoms with van der Waals surface area (Å²) < 4.78 is 0. The molecule has 0 saturated carbocycles. The molecular weight excluding hydrogens is 262 g/mol. The molecule has 5 nitrogen and oxygen atoms in total. The van der Waals surface area contributed by atoms with Gasteiger partial charge in [0.25, 0.3) is 5.56 Å². The van der Waals surface area contributed by atoms with E-state index in [1.807, 2.05) is 0 Å². The predicted octanol–water partition coefficient (Wildman–Crippen LogP) is 1.66. The number of rotatable bonds is 4. The Morgan fingerprint density at radius 3 is 3.05 bits per heavy atom. The minimum absolute atomic E-state index is 0.0455. The molecule has 6 heteroatoms. The number of anilines is 1. The highest BCUT2D eigenvalue weighted by molar-refractivity contribution is 7.18. The number of aliphatic hydroxyl groups excluding tert-OH is 1. The van der Waals surface area contributed by atoms with Crippen LogP contribution >= 0.6 is 11.3 Å². The molecule has 0 amide bonds. The number of aromatic nitrogens is 2. The maximum absolute atomic E-state index is 12.2. The first kappa shape index (κ1) is 12.6. The fourth-order valence-corrected chi connectivity index (χ4v) is 3.80. The summed E-state index contributed by atoms with van der Waals surface area (Å²) in [5.74, 6) is 0.504. The third kappa shape index (κ3) is 2.37. The van der Waals surface area contributed by atoms with Crippen LogP contribution < -0.4 is 10.9 Å². The van der Waals surface area contributed by atoms with Crippen molar-refractivity contribution in [2.24, 2.45) is 0 Å². The van der Waals surface area contributed by atoms with Crippen molar-refractivity contribution in [3.63, 3.8) is 0 Å². The SMILES string of the molecule is O=c1[nH]c(NCCCO)nc2sc3c(c12)CCCC3. The number of H-pyrrole nitrogens is 1. The molecule has 3 rings (SSSR count). The molecule has 0 fully saturated rings. The van der Waals surface area contributed by atoms with Crippen LogP contribution in [-0.4, -0.2) is 28.2 Å². The molecule has 1 aliphatic rings. The van der Waals surface area contributed by atoms with Gasteiger partial charge in [-0.1, -0.05) is 0 Å². The molecule has 2 aromatic heterocycles. The van der Waals surface area contributed by atoms with Crippen molar-refractivity contribution >= 4 is 27.5 Å². The van der Waals surface area contributed by atoms with E-state index in [0.717, 1.165) is 29.5 Å². The van der Waals surface area contributed by atoms with Crippen molar-refractivity contribution < 1.29 is 5.11 Å². The van der Waals surface area contributed by atoms with Gasteiger partial charge in [-0.3, -0.25) is 9.78 Å². The summed E-state index contributed by atoms with van der Waals surface area (Å²) in [5.41, 5.74) is 1.16. The lowest BCUT2D eigenvalue weighted by atomic mass is 9.97. The van der Waals surface area contributed by atoms with Crippen LogP contribution in [0, 0.1) is 0 Å². The Morgan fingerprint density at radius 2 is 2.21 bits per heavy atom. The Labute approximate surface area is 114 Å². The van der Waals surface area contributed by atoms with Crippen molar-refractivity contribution in [1.29, 1.82) is 0 Å². The standard InChI is InChI=1S/C13H17N3O2S/c17-7-3-6-14-13-15-11(18)10-8-4-1-2-5-9(8)19-12(10)16-13/h17H,1-7H2,(H2,14,15,16,18). The van der Waals surface area contributed by atoms with E-state index in [2.05, 4.69) is 15.3 Å². The average Bonchev–Trinajstić information content (AvgIpc) is 2.77. The highest BCUT2D eigenvalue weighted by atomic mass is 32.1. The van der Waals surface area contributed by atoms with Gasteiger partial charge in [0, 0.05) is 18.0 Å². The zero-order chi connectivity index (χ0) is 13.2. The highest BCUT2D eigenvalue weighted by Gasteiger charge is 2.19. The van der Waals surface area contributed by atoms with Gasteiger partial charge in [0.05, 0.1) is 5.39 Å². The summed E-state index contributed by atoms with van der Waals surface area (Å²) in [5, 5.41) is 12.6. The third-order valence-corrected chi connectivity index (χ3v) is 4.64. The number of nitrogens with zero attached hydrogens (tertiary/aromatic N) is 1. The van der Waals surface area contributed by atoms with E-state index in [4.69, 9.17) is 5.11 Å². The fourth-order valence-electron chi connectivity index (χ4n) is 2.53. The van der Waals surface area contributed by atoms with Gasteiger partial charge in [-0.15, -0.1) is 11.3 Å². The van der Waals surface area contributed by atoms with Gasteiger partial charge in [0.1, 0.15) is 4.83 Å². The lowest BCUT2D eigenvalue weighted by Crippen LogP contribution is -2.15. The smallest absolute Gasteiger partial charge is 0.261 e. The van der Waals surface area contributed by atoms with E-state index >= 15 is 0 Å². The van der Waals surface area contributed by atoms with Gasteiger partial charge in [0.15, 0.2) is 0 Å². The number of aryl methyl sites for hydroxylation is 2. The Hall–Kier alpha value is -1.40. The van der Waals surface area contributed by atoms with Crippen molar-refractivity contribution in [1.82, 2.24) is 9.97 Å². The van der Waals surface area contributed by atoms with Crippen molar-refractivity contribution in [2.45, 2.75) is 32.1 Å². The second-order valence-corrected chi connectivity index (χ2v) is 5.89. The zero-order valence-corrected chi connectivity index (χ0v) is 11.5. The lowest BCUT2D eigenvalue weighted by molar-refractivity contribution is 0.292. The molecule has 19 heavy (non-hydrogen) atoms. The summed E-state index contributed by atoms with van der Waals surface area (Å²) in [7, 11) is 0. The molecule has 0 aromatic carbocycles. The molecule has 0 spiro atoms. The number of aromatic amines is 1. The summed E-state index contributed by atoms with van der Waals surface area (Å²) in [6, 6.07) is 0. The summed E-state index contributed by atoms with van der Waals surface area (Å²) in [4.78, 5) is 21.6. The van der Waals surface area contributed by atoms with Crippen LogP contribution in [-0.2, 0) is 12.8 Å². The quantitative estimate of drug-likeness (QED) is 0.744. The fraction of sp³-hybridized carbons (Fsp3) is 0.538. The largest absolute Gasteiger partial charge is 0.396 e. The monoisotopic (exact) mass is 279 g/mol. The molecule has 2 aromatic rings. The van der Waals surface area contributed by atoms with Crippen LogP contribution in [0.1, 0.15) is 29.7 Å². The maximum atomic E-state index is 12.2. The molecule has 1 aliphatic carbocycles. The minimum Gasteiger partial charge on any atom is -0.396 e. The molecule has 0 aliphatic heterocycles. The van der Waals surface area contributed by atoms with Crippen LogP contribution in [0.2, 0.25) is 0 Å². The van der Waals surface area contributed by atoms with Crippen molar-refractivity contribution in [3.8, 4) is 0 Å². The topological polar surface area (TPSA) is 78.0 Å². The highest BCUT2D eigenvalue weighted by Crippen LogP contribution is 2.33. The molecule has 3 N–H and O–H groups in total. The van der Waals surface area contributed by atoms with Gasteiger partial charge in [-0.25, -0.2) is 4.98 Å². The lowest BCUT2D eigenvalue weighted by Gasteiger charge is -2.09. The normalized spacial score (nSPS) is 14.6. The molecule has 2 heterocycles. The number of thiophene rings is 1. The number of hydrogen-bond acceptors (Lipinski definition) is 5. The molecule has 0 radical (unpaired) electrons.